The van der Waals surface area contributed by atoms with Crippen molar-refractivity contribution in [1.29, 1.82) is 0 Å². The molecule has 0 bridgehead atoms. The first-order valence-electron chi connectivity index (χ1n) is 9.60. The van der Waals surface area contributed by atoms with E-state index < -0.39 is 24.5 Å². The van der Waals surface area contributed by atoms with Gasteiger partial charge >= 0.3 is 12.0 Å². The molecule has 0 heterocycles. The molecule has 158 valence electrons. The van der Waals surface area contributed by atoms with Gasteiger partial charge in [-0.25, -0.2) is 9.59 Å². The number of hydrogen-bond acceptors (Lipinski definition) is 6. The van der Waals surface area contributed by atoms with E-state index in [-0.39, 0.29) is 6.04 Å². The molecule has 0 spiro atoms. The smallest absolute Gasteiger partial charge is 0.331 e. The van der Waals surface area contributed by atoms with Crippen molar-refractivity contribution in [2.24, 2.45) is 5.92 Å². The minimum absolute atomic E-state index is 0.0554. The SMILES string of the molecule is COc1ccc(OC)c(/C=C/C(=O)OCC(=O)NC(=O)N[C@H]2CCCC[C@H]2C)c1. The van der Waals surface area contributed by atoms with Crippen LogP contribution in [0.5, 0.6) is 11.5 Å². The third-order valence-corrected chi connectivity index (χ3v) is 4.86. The van der Waals surface area contributed by atoms with Crippen LogP contribution in [0.15, 0.2) is 24.3 Å². The van der Waals surface area contributed by atoms with Crippen LogP contribution >= 0.6 is 0 Å². The molecule has 1 fully saturated rings. The minimum Gasteiger partial charge on any atom is -0.497 e. The second-order valence-electron chi connectivity index (χ2n) is 6.94. The summed E-state index contributed by atoms with van der Waals surface area (Å²) in [6.45, 7) is 1.53. The Morgan fingerprint density at radius 1 is 1.14 bits per heavy atom. The molecular weight excluding hydrogens is 376 g/mol. The molecule has 2 atom stereocenters. The second-order valence-corrected chi connectivity index (χ2v) is 6.94. The van der Waals surface area contributed by atoms with Crippen molar-refractivity contribution in [1.82, 2.24) is 10.6 Å². The fourth-order valence-electron chi connectivity index (χ4n) is 3.21. The monoisotopic (exact) mass is 404 g/mol. The Morgan fingerprint density at radius 2 is 1.90 bits per heavy atom. The number of carbonyl (C=O) groups is 3. The van der Waals surface area contributed by atoms with E-state index in [1.807, 2.05) is 0 Å². The molecular formula is C21H28N2O6. The highest BCUT2D eigenvalue weighted by Gasteiger charge is 2.23. The van der Waals surface area contributed by atoms with Gasteiger partial charge in [0.1, 0.15) is 11.5 Å². The van der Waals surface area contributed by atoms with E-state index in [1.54, 1.807) is 18.2 Å². The normalized spacial score (nSPS) is 18.7. The van der Waals surface area contributed by atoms with Crippen molar-refractivity contribution in [3.63, 3.8) is 0 Å². The molecule has 0 saturated heterocycles. The predicted octanol–water partition coefficient (Wildman–Crippen LogP) is 2.66. The number of amides is 3. The van der Waals surface area contributed by atoms with Gasteiger partial charge in [-0.05, 0) is 43.0 Å². The number of imide groups is 1. The van der Waals surface area contributed by atoms with Gasteiger partial charge in [-0.1, -0.05) is 19.8 Å². The Hall–Kier alpha value is -3.03. The number of ether oxygens (including phenoxy) is 3. The van der Waals surface area contributed by atoms with Gasteiger partial charge in [-0.3, -0.25) is 10.1 Å². The van der Waals surface area contributed by atoms with Crippen molar-refractivity contribution in [2.75, 3.05) is 20.8 Å². The molecule has 3 amide bonds. The van der Waals surface area contributed by atoms with E-state index in [2.05, 4.69) is 17.6 Å². The first-order chi connectivity index (χ1) is 13.9. The molecule has 0 aliphatic heterocycles. The van der Waals surface area contributed by atoms with Crippen molar-refractivity contribution in [2.45, 2.75) is 38.6 Å². The molecule has 0 unspecified atom stereocenters. The lowest BCUT2D eigenvalue weighted by Gasteiger charge is -2.29. The molecule has 1 aliphatic rings. The lowest BCUT2D eigenvalue weighted by molar-refractivity contribution is -0.143. The molecule has 29 heavy (non-hydrogen) atoms. The first-order valence-corrected chi connectivity index (χ1v) is 9.60. The number of hydrogen-bond donors (Lipinski definition) is 2. The average molecular weight is 404 g/mol. The van der Waals surface area contributed by atoms with Crippen LogP contribution in [-0.2, 0) is 14.3 Å². The zero-order valence-electron chi connectivity index (χ0n) is 17.0. The van der Waals surface area contributed by atoms with E-state index >= 15 is 0 Å². The van der Waals surface area contributed by atoms with Crippen molar-refractivity contribution >= 4 is 24.0 Å². The molecule has 1 saturated carbocycles. The molecule has 1 aliphatic carbocycles. The van der Waals surface area contributed by atoms with Crippen LogP contribution in [0.2, 0.25) is 0 Å². The number of urea groups is 1. The fraction of sp³-hybridized carbons (Fsp3) is 0.476. The van der Waals surface area contributed by atoms with E-state index in [9.17, 15) is 14.4 Å². The van der Waals surface area contributed by atoms with Gasteiger partial charge in [0.15, 0.2) is 6.61 Å². The molecule has 1 aromatic rings. The van der Waals surface area contributed by atoms with E-state index in [0.717, 1.165) is 25.7 Å². The summed E-state index contributed by atoms with van der Waals surface area (Å²) in [7, 11) is 3.05. The second kappa shape index (κ2) is 11.1. The quantitative estimate of drug-likeness (QED) is 0.535. The number of rotatable bonds is 7. The zero-order valence-corrected chi connectivity index (χ0v) is 17.0. The van der Waals surface area contributed by atoms with E-state index in [4.69, 9.17) is 14.2 Å². The van der Waals surface area contributed by atoms with Gasteiger partial charge in [0.05, 0.1) is 14.2 Å². The summed E-state index contributed by atoms with van der Waals surface area (Å²) in [4.78, 5) is 35.6. The predicted molar refractivity (Wildman–Crippen MR) is 108 cm³/mol. The van der Waals surface area contributed by atoms with Gasteiger partial charge in [0.2, 0.25) is 0 Å². The van der Waals surface area contributed by atoms with Crippen LogP contribution in [0.1, 0.15) is 38.2 Å². The molecule has 2 N–H and O–H groups in total. The summed E-state index contributed by atoms with van der Waals surface area (Å²) in [6, 6.07) is 4.63. The lowest BCUT2D eigenvalue weighted by Crippen LogP contribution is -2.48. The van der Waals surface area contributed by atoms with E-state index in [1.165, 1.54) is 26.4 Å². The maximum atomic E-state index is 11.9. The summed E-state index contributed by atoms with van der Waals surface area (Å²) in [5.41, 5.74) is 0.620. The average Bonchev–Trinajstić information content (AvgIpc) is 2.72. The Kier molecular flexibility index (Phi) is 8.51. The first kappa shape index (κ1) is 22.3. The van der Waals surface area contributed by atoms with Gasteiger partial charge in [0.25, 0.3) is 5.91 Å². The number of methoxy groups -OCH3 is 2. The van der Waals surface area contributed by atoms with Crippen molar-refractivity contribution in [3.05, 3.63) is 29.8 Å². The molecule has 2 rings (SSSR count). The van der Waals surface area contributed by atoms with Crippen molar-refractivity contribution < 1.29 is 28.6 Å². The highest BCUT2D eigenvalue weighted by atomic mass is 16.5. The summed E-state index contributed by atoms with van der Waals surface area (Å²) in [5, 5.41) is 4.99. The van der Waals surface area contributed by atoms with Crippen LogP contribution in [-0.4, -0.2) is 44.8 Å². The molecule has 0 aromatic heterocycles. The van der Waals surface area contributed by atoms with Crippen LogP contribution in [0.25, 0.3) is 6.08 Å². The summed E-state index contributed by atoms with van der Waals surface area (Å²) < 4.78 is 15.2. The Balaban J connectivity index is 1.79. The van der Waals surface area contributed by atoms with Crippen LogP contribution in [0, 0.1) is 5.92 Å². The van der Waals surface area contributed by atoms with Gasteiger partial charge < -0.3 is 19.5 Å². The van der Waals surface area contributed by atoms with Gasteiger partial charge in [0, 0.05) is 17.7 Å². The topological polar surface area (TPSA) is 103 Å². The zero-order chi connectivity index (χ0) is 21.2. The highest BCUT2D eigenvalue weighted by molar-refractivity contribution is 5.96. The maximum absolute atomic E-state index is 11.9. The third-order valence-electron chi connectivity index (χ3n) is 4.86. The van der Waals surface area contributed by atoms with E-state index in [0.29, 0.717) is 23.0 Å². The summed E-state index contributed by atoms with van der Waals surface area (Å²) in [6.07, 6.45) is 6.85. The Labute approximate surface area is 170 Å². The number of carbonyl (C=O) groups excluding carboxylic acids is 3. The maximum Gasteiger partial charge on any atom is 0.331 e. The number of esters is 1. The van der Waals surface area contributed by atoms with Crippen LogP contribution in [0.4, 0.5) is 4.79 Å². The highest BCUT2D eigenvalue weighted by Crippen LogP contribution is 2.25. The third kappa shape index (κ3) is 7.14. The Morgan fingerprint density at radius 3 is 2.59 bits per heavy atom. The molecule has 0 radical (unpaired) electrons. The molecule has 1 aromatic carbocycles. The Bertz CT molecular complexity index is 762. The number of benzene rings is 1. The van der Waals surface area contributed by atoms with Gasteiger partial charge in [-0.15, -0.1) is 0 Å². The molecule has 8 heteroatoms. The van der Waals surface area contributed by atoms with Crippen LogP contribution in [0.3, 0.4) is 0 Å². The largest absolute Gasteiger partial charge is 0.497 e. The summed E-state index contributed by atoms with van der Waals surface area (Å²) in [5.74, 6) is 0.136. The fourth-order valence-corrected chi connectivity index (χ4v) is 3.21. The minimum atomic E-state index is -0.716. The van der Waals surface area contributed by atoms with Gasteiger partial charge in [-0.2, -0.15) is 0 Å². The molecule has 8 nitrogen and oxygen atoms in total. The standard InChI is InChI=1S/C21H28N2O6/c1-14-6-4-5-7-17(14)22-21(26)23-19(24)13-29-20(25)11-8-15-12-16(27-2)9-10-18(15)28-3/h8-12,14,17H,4-7,13H2,1-3H3,(H2,22,23,24,26)/b11-8+/t14-,17+/m1/s1. The van der Waals surface area contributed by atoms with Crippen LogP contribution < -0.4 is 20.1 Å². The number of nitrogens with one attached hydrogen (secondary N) is 2. The summed E-state index contributed by atoms with van der Waals surface area (Å²) >= 11 is 0. The van der Waals surface area contributed by atoms with Crippen molar-refractivity contribution in [3.8, 4) is 11.5 Å². The lowest BCUT2D eigenvalue weighted by atomic mass is 9.86.